The fourth-order valence-electron chi connectivity index (χ4n) is 1.55. The molecule has 0 fully saturated rings. The Hall–Kier alpha value is -1.39. The summed E-state index contributed by atoms with van der Waals surface area (Å²) in [6.07, 6.45) is 0.396. The first-order valence-corrected chi connectivity index (χ1v) is 5.36. The van der Waals surface area contributed by atoms with Crippen LogP contribution in [-0.4, -0.2) is 24.4 Å². The van der Waals surface area contributed by atoms with Gasteiger partial charge in [-0.25, -0.2) is 0 Å². The van der Waals surface area contributed by atoms with Crippen LogP contribution in [0.5, 0.6) is 0 Å². The second-order valence-electron chi connectivity index (χ2n) is 3.98. The van der Waals surface area contributed by atoms with E-state index >= 15 is 0 Å². The summed E-state index contributed by atoms with van der Waals surface area (Å²) in [6, 6.07) is 8.15. The van der Waals surface area contributed by atoms with Gasteiger partial charge in [0.15, 0.2) is 0 Å². The summed E-state index contributed by atoms with van der Waals surface area (Å²) < 4.78 is 0. The normalized spacial score (nSPS) is 10.7. The first-order valence-electron chi connectivity index (χ1n) is 5.36. The van der Waals surface area contributed by atoms with Crippen LogP contribution in [-0.2, 0) is 17.9 Å². The third-order valence-electron chi connectivity index (χ3n) is 2.42. The van der Waals surface area contributed by atoms with E-state index in [1.54, 1.807) is 0 Å². The van der Waals surface area contributed by atoms with E-state index in [9.17, 15) is 4.79 Å². The quantitative estimate of drug-likeness (QED) is 0.732. The molecular weight excluding hydrogens is 202 g/mol. The molecule has 0 heterocycles. The topological polar surface area (TPSA) is 72.3 Å². The third-order valence-corrected chi connectivity index (χ3v) is 2.42. The van der Waals surface area contributed by atoms with Crippen LogP contribution in [0.2, 0.25) is 0 Å². The number of primary amides is 1. The van der Waals surface area contributed by atoms with E-state index in [1.807, 2.05) is 19.2 Å². The lowest BCUT2D eigenvalue weighted by atomic mass is 10.1. The number of carbonyl (C=O) groups is 1. The lowest BCUT2D eigenvalue weighted by Crippen LogP contribution is -2.24. The molecule has 0 spiro atoms. The van der Waals surface area contributed by atoms with E-state index in [4.69, 9.17) is 11.5 Å². The maximum atomic E-state index is 10.6. The molecule has 0 saturated heterocycles. The van der Waals surface area contributed by atoms with Crippen molar-refractivity contribution in [3.05, 3.63) is 35.4 Å². The molecule has 1 aromatic rings. The molecule has 4 N–H and O–H groups in total. The third kappa shape index (κ3) is 4.42. The molecule has 0 aliphatic carbocycles. The first kappa shape index (κ1) is 12.7. The van der Waals surface area contributed by atoms with Gasteiger partial charge in [-0.3, -0.25) is 4.79 Å². The summed E-state index contributed by atoms with van der Waals surface area (Å²) in [7, 11) is 1.97. The van der Waals surface area contributed by atoms with E-state index in [0.717, 1.165) is 12.1 Å². The Bertz CT molecular complexity index is 352. The first-order chi connectivity index (χ1) is 7.61. The summed E-state index contributed by atoms with van der Waals surface area (Å²) >= 11 is 0. The molecule has 0 aliphatic heterocycles. The minimum Gasteiger partial charge on any atom is -0.370 e. The summed E-state index contributed by atoms with van der Waals surface area (Å²) in [5, 5.41) is 0. The Morgan fingerprint density at radius 1 is 1.38 bits per heavy atom. The van der Waals surface area contributed by atoms with Crippen molar-refractivity contribution in [1.82, 2.24) is 4.90 Å². The predicted molar refractivity (Wildman–Crippen MR) is 64.5 cm³/mol. The minimum atomic E-state index is -0.262. The fraction of sp³-hybridized carbons (Fsp3) is 0.417. The second-order valence-corrected chi connectivity index (χ2v) is 3.98. The Balaban J connectivity index is 2.48. The van der Waals surface area contributed by atoms with Crippen molar-refractivity contribution in [3.63, 3.8) is 0 Å². The lowest BCUT2D eigenvalue weighted by molar-refractivity contribution is -0.118. The highest BCUT2D eigenvalue weighted by Crippen LogP contribution is 2.07. The van der Waals surface area contributed by atoms with Crippen LogP contribution in [0.15, 0.2) is 24.3 Å². The Kier molecular flexibility index (Phi) is 4.95. The van der Waals surface area contributed by atoms with Crippen molar-refractivity contribution in [2.45, 2.75) is 19.5 Å². The number of nitrogens with two attached hydrogens (primary N) is 2. The maximum Gasteiger partial charge on any atom is 0.218 e. The molecule has 1 amide bonds. The summed E-state index contributed by atoms with van der Waals surface area (Å²) in [4.78, 5) is 12.7. The van der Waals surface area contributed by atoms with Gasteiger partial charge in [-0.15, -0.1) is 0 Å². The number of rotatable bonds is 6. The largest absolute Gasteiger partial charge is 0.370 e. The zero-order chi connectivity index (χ0) is 12.0. The molecule has 4 heteroatoms. The fourth-order valence-corrected chi connectivity index (χ4v) is 1.55. The maximum absolute atomic E-state index is 10.6. The zero-order valence-electron chi connectivity index (χ0n) is 9.65. The molecule has 1 aromatic carbocycles. The molecule has 88 valence electrons. The summed E-state index contributed by atoms with van der Waals surface area (Å²) in [6.45, 7) is 2.04. The second kappa shape index (κ2) is 6.25. The minimum absolute atomic E-state index is 0.262. The smallest absolute Gasteiger partial charge is 0.218 e. The van der Waals surface area contributed by atoms with Crippen molar-refractivity contribution in [1.29, 1.82) is 0 Å². The number of benzene rings is 1. The molecule has 0 aliphatic rings. The molecule has 0 bridgehead atoms. The lowest BCUT2D eigenvalue weighted by Gasteiger charge is -2.16. The molecule has 0 saturated carbocycles. The number of amides is 1. The molecule has 4 nitrogen and oxygen atoms in total. The highest BCUT2D eigenvalue weighted by atomic mass is 16.1. The Morgan fingerprint density at radius 3 is 2.69 bits per heavy atom. The van der Waals surface area contributed by atoms with Gasteiger partial charge in [-0.2, -0.15) is 0 Å². The van der Waals surface area contributed by atoms with Crippen LogP contribution in [0.25, 0.3) is 0 Å². The molecule has 0 unspecified atom stereocenters. The number of hydrogen-bond acceptors (Lipinski definition) is 3. The monoisotopic (exact) mass is 221 g/mol. The van der Waals surface area contributed by atoms with Gasteiger partial charge in [-0.05, 0) is 18.2 Å². The van der Waals surface area contributed by atoms with E-state index in [1.165, 1.54) is 5.56 Å². The van der Waals surface area contributed by atoms with Gasteiger partial charge in [0.2, 0.25) is 5.91 Å². The molecule has 16 heavy (non-hydrogen) atoms. The van der Waals surface area contributed by atoms with Gasteiger partial charge in [-0.1, -0.05) is 24.3 Å². The molecular formula is C12H19N3O. The van der Waals surface area contributed by atoms with E-state index < -0.39 is 0 Å². The summed E-state index contributed by atoms with van der Waals surface area (Å²) in [5.74, 6) is -0.262. The number of nitrogens with zero attached hydrogens (tertiary/aromatic N) is 1. The van der Waals surface area contributed by atoms with Crippen molar-refractivity contribution < 1.29 is 4.79 Å². The molecule has 0 atom stereocenters. The van der Waals surface area contributed by atoms with Gasteiger partial charge in [0.25, 0.3) is 0 Å². The molecule has 0 aromatic heterocycles. The van der Waals surface area contributed by atoms with Crippen LogP contribution >= 0.6 is 0 Å². The predicted octanol–water partition coefficient (Wildman–Crippen LogP) is 0.453. The van der Waals surface area contributed by atoms with Crippen LogP contribution in [0.1, 0.15) is 17.5 Å². The van der Waals surface area contributed by atoms with Crippen LogP contribution in [0, 0.1) is 0 Å². The molecule has 1 rings (SSSR count). The highest BCUT2D eigenvalue weighted by Gasteiger charge is 2.02. The van der Waals surface area contributed by atoms with E-state index in [0.29, 0.717) is 19.5 Å². The molecule has 0 radical (unpaired) electrons. The van der Waals surface area contributed by atoms with Gasteiger partial charge in [0.1, 0.15) is 0 Å². The standard InChI is InChI=1S/C12H19N3O/c1-15(6-5-12(14)16)9-11-4-2-3-10(7-11)8-13/h2-4,7H,5-6,8-9,13H2,1H3,(H2,14,16). The SMILES string of the molecule is CN(CCC(N)=O)Cc1cccc(CN)c1. The average molecular weight is 221 g/mol. The number of hydrogen-bond donors (Lipinski definition) is 2. The van der Waals surface area contributed by atoms with Gasteiger partial charge >= 0.3 is 0 Å². The number of carbonyl (C=O) groups excluding carboxylic acids is 1. The average Bonchev–Trinajstić information content (AvgIpc) is 2.26. The van der Waals surface area contributed by atoms with E-state index in [2.05, 4.69) is 17.0 Å². The highest BCUT2D eigenvalue weighted by molar-refractivity contribution is 5.73. The van der Waals surface area contributed by atoms with Crippen molar-refractivity contribution in [3.8, 4) is 0 Å². The van der Waals surface area contributed by atoms with Gasteiger partial charge < -0.3 is 16.4 Å². The van der Waals surface area contributed by atoms with Gasteiger partial charge in [0.05, 0.1) is 0 Å². The zero-order valence-corrected chi connectivity index (χ0v) is 9.65. The van der Waals surface area contributed by atoms with E-state index in [-0.39, 0.29) is 5.91 Å². The van der Waals surface area contributed by atoms with Gasteiger partial charge in [0, 0.05) is 26.1 Å². The van der Waals surface area contributed by atoms with Crippen LogP contribution in [0.3, 0.4) is 0 Å². The summed E-state index contributed by atoms with van der Waals surface area (Å²) in [5.41, 5.74) is 13.0. The van der Waals surface area contributed by atoms with Crippen LogP contribution in [0.4, 0.5) is 0 Å². The Labute approximate surface area is 96.2 Å². The van der Waals surface area contributed by atoms with Crippen molar-refractivity contribution in [2.75, 3.05) is 13.6 Å². The van der Waals surface area contributed by atoms with Crippen LogP contribution < -0.4 is 11.5 Å². The van der Waals surface area contributed by atoms with Crippen molar-refractivity contribution >= 4 is 5.91 Å². The van der Waals surface area contributed by atoms with Crippen molar-refractivity contribution in [2.24, 2.45) is 11.5 Å². The Morgan fingerprint density at radius 2 is 2.06 bits per heavy atom.